The van der Waals surface area contributed by atoms with E-state index in [0.29, 0.717) is 25.2 Å². The van der Waals surface area contributed by atoms with Gasteiger partial charge in [-0.1, -0.05) is 6.07 Å². The smallest absolute Gasteiger partial charge is 0.157 e. The number of carbonyl (C=O) groups is 1. The van der Waals surface area contributed by atoms with Gasteiger partial charge in [0, 0.05) is 38.4 Å². The quantitative estimate of drug-likeness (QED) is 0.619. The van der Waals surface area contributed by atoms with Gasteiger partial charge in [-0.3, -0.25) is 9.78 Å². The van der Waals surface area contributed by atoms with Crippen LogP contribution in [-0.2, 0) is 20.7 Å². The lowest BCUT2D eigenvalue weighted by Crippen LogP contribution is -2.22. The molecule has 0 radical (unpaired) electrons. The van der Waals surface area contributed by atoms with Gasteiger partial charge in [-0.05, 0) is 56.6 Å². The minimum atomic E-state index is -0.0102. The summed E-state index contributed by atoms with van der Waals surface area (Å²) in [7, 11) is 0. The molecule has 0 aromatic carbocycles. The summed E-state index contributed by atoms with van der Waals surface area (Å²) in [4.78, 5) is 15.9. The first-order valence-corrected chi connectivity index (χ1v) is 8.48. The fourth-order valence-electron chi connectivity index (χ4n) is 2.64. The van der Waals surface area contributed by atoms with Crippen molar-refractivity contribution in [2.75, 3.05) is 13.2 Å². The molecule has 2 rings (SSSR count). The fraction of sp³-hybridized carbons (Fsp3) is 0.667. The number of aryl methyl sites for hydroxylation is 1. The van der Waals surface area contributed by atoms with Gasteiger partial charge in [0.2, 0.25) is 0 Å². The third-order valence-electron chi connectivity index (χ3n) is 3.94. The van der Waals surface area contributed by atoms with Crippen molar-refractivity contribution in [3.8, 4) is 0 Å². The Bertz CT molecular complexity index is 416. The van der Waals surface area contributed by atoms with E-state index in [4.69, 9.17) is 9.47 Å². The molecule has 122 valence electrons. The SMILES string of the molecule is O=C(CCCCO[C@@H]1CCCCO1)CCCc1cccnc1. The topological polar surface area (TPSA) is 48.4 Å². The first-order valence-electron chi connectivity index (χ1n) is 8.48. The highest BCUT2D eigenvalue weighted by Gasteiger charge is 2.13. The number of ether oxygens (including phenoxy) is 2. The molecular formula is C18H27NO3. The van der Waals surface area contributed by atoms with Crippen molar-refractivity contribution in [3.05, 3.63) is 30.1 Å². The number of ketones is 1. The Balaban J connectivity index is 1.44. The second-order valence-electron chi connectivity index (χ2n) is 5.88. The van der Waals surface area contributed by atoms with Crippen molar-refractivity contribution >= 4 is 5.78 Å². The van der Waals surface area contributed by atoms with Gasteiger partial charge in [0.15, 0.2) is 6.29 Å². The second-order valence-corrected chi connectivity index (χ2v) is 5.88. The van der Waals surface area contributed by atoms with Gasteiger partial charge in [0.25, 0.3) is 0 Å². The van der Waals surface area contributed by atoms with E-state index in [-0.39, 0.29) is 6.29 Å². The van der Waals surface area contributed by atoms with Gasteiger partial charge in [-0.15, -0.1) is 0 Å². The number of unbranched alkanes of at least 4 members (excludes halogenated alkanes) is 1. The Labute approximate surface area is 133 Å². The van der Waals surface area contributed by atoms with E-state index < -0.39 is 0 Å². The monoisotopic (exact) mass is 305 g/mol. The van der Waals surface area contributed by atoms with Crippen LogP contribution in [0, 0.1) is 0 Å². The summed E-state index contributed by atoms with van der Waals surface area (Å²) in [6.07, 6.45) is 12.0. The van der Waals surface area contributed by atoms with Crippen molar-refractivity contribution in [3.63, 3.8) is 0 Å². The zero-order valence-corrected chi connectivity index (χ0v) is 13.3. The second kappa shape index (κ2) is 10.5. The lowest BCUT2D eigenvalue weighted by molar-refractivity contribution is -0.162. The number of Topliss-reactive ketones (excluding diaryl/α,β-unsaturated/α-hetero) is 1. The van der Waals surface area contributed by atoms with Crippen molar-refractivity contribution < 1.29 is 14.3 Å². The number of rotatable bonds is 10. The van der Waals surface area contributed by atoms with Gasteiger partial charge < -0.3 is 9.47 Å². The number of aromatic nitrogens is 1. The number of pyridine rings is 1. The van der Waals surface area contributed by atoms with Crippen molar-refractivity contribution in [1.82, 2.24) is 4.98 Å². The molecule has 1 atom stereocenters. The Morgan fingerprint density at radius 2 is 2.18 bits per heavy atom. The van der Waals surface area contributed by atoms with E-state index in [1.165, 1.54) is 12.0 Å². The van der Waals surface area contributed by atoms with Crippen molar-refractivity contribution in [1.29, 1.82) is 0 Å². The number of carbonyl (C=O) groups excluding carboxylic acids is 1. The van der Waals surface area contributed by atoms with E-state index in [0.717, 1.165) is 45.1 Å². The van der Waals surface area contributed by atoms with Gasteiger partial charge in [-0.25, -0.2) is 0 Å². The van der Waals surface area contributed by atoms with Crippen LogP contribution >= 0.6 is 0 Å². The van der Waals surface area contributed by atoms with Crippen LogP contribution in [0.5, 0.6) is 0 Å². The third-order valence-corrected chi connectivity index (χ3v) is 3.94. The Hall–Kier alpha value is -1.26. The van der Waals surface area contributed by atoms with Gasteiger partial charge in [-0.2, -0.15) is 0 Å². The number of hydrogen-bond donors (Lipinski definition) is 0. The highest BCUT2D eigenvalue weighted by Crippen LogP contribution is 2.14. The van der Waals surface area contributed by atoms with Crippen LogP contribution in [0.4, 0.5) is 0 Å². The van der Waals surface area contributed by atoms with Crippen LogP contribution in [0.3, 0.4) is 0 Å². The maximum atomic E-state index is 11.8. The summed E-state index contributed by atoms with van der Waals surface area (Å²) < 4.78 is 11.2. The average Bonchev–Trinajstić information content (AvgIpc) is 2.56. The molecule has 1 aromatic heterocycles. The Morgan fingerprint density at radius 1 is 1.27 bits per heavy atom. The summed E-state index contributed by atoms with van der Waals surface area (Å²) in [5, 5.41) is 0. The van der Waals surface area contributed by atoms with E-state index in [1.807, 2.05) is 12.3 Å². The van der Waals surface area contributed by atoms with Crippen LogP contribution in [0.1, 0.15) is 56.9 Å². The van der Waals surface area contributed by atoms with E-state index in [9.17, 15) is 4.79 Å². The molecule has 4 heteroatoms. The molecule has 0 aliphatic carbocycles. The largest absolute Gasteiger partial charge is 0.353 e. The lowest BCUT2D eigenvalue weighted by Gasteiger charge is -2.22. The predicted octanol–water partition coefficient (Wildman–Crippen LogP) is 3.69. The molecular weight excluding hydrogens is 278 g/mol. The van der Waals surface area contributed by atoms with Crippen LogP contribution in [0.15, 0.2) is 24.5 Å². The van der Waals surface area contributed by atoms with E-state index in [1.54, 1.807) is 6.20 Å². The van der Waals surface area contributed by atoms with E-state index >= 15 is 0 Å². The molecule has 1 aliphatic rings. The van der Waals surface area contributed by atoms with Crippen molar-refractivity contribution in [2.24, 2.45) is 0 Å². The molecule has 22 heavy (non-hydrogen) atoms. The standard InChI is InChI=1S/C18H27NO3/c20-17(10-5-7-16-8-6-12-19-15-16)9-1-3-13-21-18-11-2-4-14-22-18/h6,8,12,15,18H,1-5,7,9-11,13-14H2/t18-/m0/s1. The van der Waals surface area contributed by atoms with Crippen LogP contribution in [0.2, 0.25) is 0 Å². The maximum absolute atomic E-state index is 11.8. The minimum Gasteiger partial charge on any atom is -0.353 e. The van der Waals surface area contributed by atoms with Gasteiger partial charge in [0.05, 0.1) is 0 Å². The summed E-state index contributed by atoms with van der Waals surface area (Å²) >= 11 is 0. The molecule has 1 aliphatic heterocycles. The zero-order chi connectivity index (χ0) is 15.5. The first-order chi connectivity index (χ1) is 10.8. The van der Waals surface area contributed by atoms with Crippen molar-refractivity contribution in [2.45, 2.75) is 64.1 Å². The highest BCUT2D eigenvalue weighted by atomic mass is 16.7. The van der Waals surface area contributed by atoms with Gasteiger partial charge in [0.1, 0.15) is 5.78 Å². The maximum Gasteiger partial charge on any atom is 0.157 e. The molecule has 2 heterocycles. The molecule has 0 saturated carbocycles. The van der Waals surface area contributed by atoms with Crippen LogP contribution < -0.4 is 0 Å². The summed E-state index contributed by atoms with van der Waals surface area (Å²) in [5.41, 5.74) is 1.20. The molecule has 0 unspecified atom stereocenters. The Kier molecular flexibility index (Phi) is 8.13. The first kappa shape index (κ1) is 17.1. The zero-order valence-electron chi connectivity index (χ0n) is 13.3. The Morgan fingerprint density at radius 3 is 2.95 bits per heavy atom. The fourth-order valence-corrected chi connectivity index (χ4v) is 2.64. The van der Waals surface area contributed by atoms with Gasteiger partial charge >= 0.3 is 0 Å². The molecule has 1 saturated heterocycles. The molecule has 0 amide bonds. The minimum absolute atomic E-state index is 0.0102. The average molecular weight is 305 g/mol. The summed E-state index contributed by atoms with van der Waals surface area (Å²) in [6.45, 7) is 1.52. The molecule has 4 nitrogen and oxygen atoms in total. The highest BCUT2D eigenvalue weighted by molar-refractivity contribution is 5.78. The molecule has 0 N–H and O–H groups in total. The normalized spacial score (nSPS) is 18.3. The third kappa shape index (κ3) is 7.14. The van der Waals surface area contributed by atoms with Crippen LogP contribution in [-0.4, -0.2) is 30.3 Å². The summed E-state index contributed by atoms with van der Waals surface area (Å²) in [5.74, 6) is 0.359. The molecule has 1 fully saturated rings. The van der Waals surface area contributed by atoms with Crippen LogP contribution in [0.25, 0.3) is 0 Å². The number of nitrogens with zero attached hydrogens (tertiary/aromatic N) is 1. The predicted molar refractivity (Wildman–Crippen MR) is 85.6 cm³/mol. The molecule has 0 spiro atoms. The lowest BCUT2D eigenvalue weighted by atomic mass is 10.1. The molecule has 1 aromatic rings. The number of hydrogen-bond acceptors (Lipinski definition) is 4. The molecule has 0 bridgehead atoms. The summed E-state index contributed by atoms with van der Waals surface area (Å²) in [6, 6.07) is 4.00. The van der Waals surface area contributed by atoms with E-state index in [2.05, 4.69) is 11.1 Å².